The van der Waals surface area contributed by atoms with Gasteiger partial charge in [0.2, 0.25) is 0 Å². The number of carboxylic acids is 1. The first-order valence-electron chi connectivity index (χ1n) is 7.03. The minimum absolute atomic E-state index is 0.126. The van der Waals surface area contributed by atoms with Crippen molar-refractivity contribution < 1.29 is 19.4 Å². The lowest BCUT2D eigenvalue weighted by Crippen LogP contribution is -2.76. The Morgan fingerprint density at radius 3 is 2.64 bits per heavy atom. The van der Waals surface area contributed by atoms with E-state index in [0.29, 0.717) is 11.6 Å². The number of carbonyl (C=O) groups excluding carboxylic acids is 1. The first kappa shape index (κ1) is 16.7. The highest BCUT2D eigenvalue weighted by molar-refractivity contribution is 6.30. The molecule has 2 N–H and O–H groups in total. The molecule has 0 unspecified atom stereocenters. The molecule has 1 fully saturated rings. The predicted octanol–water partition coefficient (Wildman–Crippen LogP) is 2.12. The molecular formula is C15H19ClN2O4. The van der Waals surface area contributed by atoms with Crippen molar-refractivity contribution in [2.45, 2.75) is 38.8 Å². The van der Waals surface area contributed by atoms with Gasteiger partial charge in [-0.1, -0.05) is 25.4 Å². The fourth-order valence-corrected chi connectivity index (χ4v) is 2.92. The van der Waals surface area contributed by atoms with Crippen LogP contribution in [0.3, 0.4) is 0 Å². The number of hydrogen-bond acceptors (Lipinski definition) is 4. The van der Waals surface area contributed by atoms with Gasteiger partial charge in [-0.2, -0.15) is 0 Å². The van der Waals surface area contributed by atoms with Gasteiger partial charge >= 0.3 is 5.97 Å². The van der Waals surface area contributed by atoms with E-state index < -0.39 is 22.8 Å². The molecule has 6 nitrogen and oxygen atoms in total. The standard InChI is InChI=1S/C15H19ClN2O4/c1-4-22-11-7-15(13(20)21,14(11,2)3)18-12(19)10-6-5-9(16)8-17-10/h5-6,8,11H,4,7H2,1-3H3,(H,18,19)(H,20,21)/t11-,15-/m0/s1. The lowest BCUT2D eigenvalue weighted by Gasteiger charge is -2.58. The van der Waals surface area contributed by atoms with Crippen molar-refractivity contribution in [1.82, 2.24) is 10.3 Å². The summed E-state index contributed by atoms with van der Waals surface area (Å²) in [5.41, 5.74) is -1.97. The highest BCUT2D eigenvalue weighted by Gasteiger charge is 2.66. The van der Waals surface area contributed by atoms with Crippen LogP contribution >= 0.6 is 11.6 Å². The molecule has 1 amide bonds. The topological polar surface area (TPSA) is 88.5 Å². The molecule has 2 rings (SSSR count). The van der Waals surface area contributed by atoms with E-state index in [2.05, 4.69) is 10.3 Å². The summed E-state index contributed by atoms with van der Waals surface area (Å²) in [6.45, 7) is 5.91. The van der Waals surface area contributed by atoms with E-state index in [4.69, 9.17) is 16.3 Å². The van der Waals surface area contributed by atoms with Crippen LogP contribution in [-0.2, 0) is 9.53 Å². The second kappa shape index (κ2) is 5.85. The maximum atomic E-state index is 12.3. The molecule has 2 atom stereocenters. The monoisotopic (exact) mass is 326 g/mol. The number of aliphatic carboxylic acids is 1. The molecule has 1 aliphatic rings. The van der Waals surface area contributed by atoms with Crippen LogP contribution in [0.2, 0.25) is 5.02 Å². The quantitative estimate of drug-likeness (QED) is 0.865. The van der Waals surface area contributed by atoms with Crippen molar-refractivity contribution in [3.8, 4) is 0 Å². The summed E-state index contributed by atoms with van der Waals surface area (Å²) < 4.78 is 5.55. The third kappa shape index (κ3) is 2.57. The van der Waals surface area contributed by atoms with Gasteiger partial charge in [0.1, 0.15) is 11.2 Å². The molecule has 1 aromatic heterocycles. The normalized spacial score (nSPS) is 26.1. The molecule has 1 aliphatic carbocycles. The number of aromatic nitrogens is 1. The molecule has 7 heteroatoms. The molecule has 0 spiro atoms. The number of rotatable bonds is 5. The van der Waals surface area contributed by atoms with Gasteiger partial charge in [0.05, 0.1) is 11.1 Å². The first-order chi connectivity index (χ1) is 10.2. The summed E-state index contributed by atoms with van der Waals surface area (Å²) in [6.07, 6.45) is 1.36. The molecule has 22 heavy (non-hydrogen) atoms. The number of hydrogen-bond donors (Lipinski definition) is 2. The summed E-state index contributed by atoms with van der Waals surface area (Å²) in [6, 6.07) is 2.99. The zero-order chi connectivity index (χ0) is 16.5. The minimum atomic E-state index is -1.37. The average Bonchev–Trinajstić information content (AvgIpc) is 2.46. The Labute approximate surface area is 133 Å². The van der Waals surface area contributed by atoms with Gasteiger partial charge in [0, 0.05) is 24.6 Å². The van der Waals surface area contributed by atoms with Crippen LogP contribution in [0.15, 0.2) is 18.3 Å². The van der Waals surface area contributed by atoms with Crippen LogP contribution in [0.1, 0.15) is 37.7 Å². The van der Waals surface area contributed by atoms with Crippen LogP contribution in [0.5, 0.6) is 0 Å². The van der Waals surface area contributed by atoms with Gasteiger partial charge in [-0.3, -0.25) is 4.79 Å². The van der Waals surface area contributed by atoms with E-state index in [9.17, 15) is 14.7 Å². The molecule has 1 heterocycles. The largest absolute Gasteiger partial charge is 0.479 e. The Kier molecular flexibility index (Phi) is 4.44. The van der Waals surface area contributed by atoms with Crippen LogP contribution < -0.4 is 5.32 Å². The molecule has 1 aromatic rings. The molecule has 0 radical (unpaired) electrons. The van der Waals surface area contributed by atoms with Crippen molar-refractivity contribution in [3.63, 3.8) is 0 Å². The molecule has 1 saturated carbocycles. The number of carboxylic acid groups (broad SMARTS) is 1. The van der Waals surface area contributed by atoms with Crippen LogP contribution in [0, 0.1) is 5.41 Å². The second-order valence-corrected chi connectivity index (χ2v) is 6.33. The molecule has 0 bridgehead atoms. The SMILES string of the molecule is CCO[C@H]1C[C@](NC(=O)c2ccc(Cl)cn2)(C(=O)O)C1(C)C. The number of nitrogens with zero attached hydrogens (tertiary/aromatic N) is 1. The van der Waals surface area contributed by atoms with Crippen molar-refractivity contribution in [2.24, 2.45) is 5.41 Å². The zero-order valence-electron chi connectivity index (χ0n) is 12.7. The molecule has 0 aliphatic heterocycles. The Morgan fingerprint density at radius 2 is 2.18 bits per heavy atom. The summed E-state index contributed by atoms with van der Waals surface area (Å²) in [5.74, 6) is -1.61. The minimum Gasteiger partial charge on any atom is -0.479 e. The van der Waals surface area contributed by atoms with Gasteiger partial charge in [0.15, 0.2) is 0 Å². The molecule has 0 aromatic carbocycles. The lowest BCUT2D eigenvalue weighted by atomic mass is 9.54. The number of nitrogens with one attached hydrogen (secondary N) is 1. The third-order valence-corrected chi connectivity index (χ3v) is 4.64. The Bertz CT molecular complexity index is 588. The van der Waals surface area contributed by atoms with E-state index in [-0.39, 0.29) is 18.2 Å². The van der Waals surface area contributed by atoms with Gasteiger partial charge in [-0.15, -0.1) is 0 Å². The number of halogens is 1. The summed E-state index contributed by atoms with van der Waals surface area (Å²) in [5, 5.41) is 12.7. The van der Waals surface area contributed by atoms with E-state index in [1.807, 2.05) is 6.92 Å². The average molecular weight is 327 g/mol. The smallest absolute Gasteiger partial charge is 0.330 e. The van der Waals surface area contributed by atoms with Crippen molar-refractivity contribution in [3.05, 3.63) is 29.0 Å². The van der Waals surface area contributed by atoms with Crippen molar-refractivity contribution >= 4 is 23.5 Å². The Morgan fingerprint density at radius 1 is 1.50 bits per heavy atom. The fraction of sp³-hybridized carbons (Fsp3) is 0.533. The van der Waals surface area contributed by atoms with Gasteiger partial charge in [-0.25, -0.2) is 9.78 Å². The van der Waals surface area contributed by atoms with Crippen LogP contribution in [0.4, 0.5) is 0 Å². The molecule has 0 saturated heterocycles. The maximum absolute atomic E-state index is 12.3. The molecular weight excluding hydrogens is 308 g/mol. The lowest BCUT2D eigenvalue weighted by molar-refractivity contribution is -0.190. The summed E-state index contributed by atoms with van der Waals surface area (Å²) in [7, 11) is 0. The van der Waals surface area contributed by atoms with Crippen LogP contribution in [-0.4, -0.2) is 40.2 Å². The number of amides is 1. The maximum Gasteiger partial charge on any atom is 0.330 e. The van der Waals surface area contributed by atoms with E-state index >= 15 is 0 Å². The van der Waals surface area contributed by atoms with Crippen molar-refractivity contribution in [2.75, 3.05) is 6.61 Å². The summed E-state index contributed by atoms with van der Waals surface area (Å²) >= 11 is 5.73. The highest BCUT2D eigenvalue weighted by atomic mass is 35.5. The predicted molar refractivity (Wildman–Crippen MR) is 80.9 cm³/mol. The van der Waals surface area contributed by atoms with Gasteiger partial charge in [0.25, 0.3) is 5.91 Å². The number of ether oxygens (including phenoxy) is 1. The number of pyridine rings is 1. The highest BCUT2D eigenvalue weighted by Crippen LogP contribution is 2.51. The van der Waals surface area contributed by atoms with E-state index in [1.54, 1.807) is 13.8 Å². The Balaban J connectivity index is 2.22. The van der Waals surface area contributed by atoms with Gasteiger partial charge in [-0.05, 0) is 19.1 Å². The van der Waals surface area contributed by atoms with Crippen LogP contribution in [0.25, 0.3) is 0 Å². The third-order valence-electron chi connectivity index (χ3n) is 4.42. The number of carbonyl (C=O) groups is 2. The zero-order valence-corrected chi connectivity index (χ0v) is 13.5. The fourth-order valence-electron chi connectivity index (χ4n) is 2.80. The van der Waals surface area contributed by atoms with Crippen molar-refractivity contribution in [1.29, 1.82) is 0 Å². The van der Waals surface area contributed by atoms with Gasteiger partial charge < -0.3 is 15.2 Å². The van der Waals surface area contributed by atoms with E-state index in [0.717, 1.165) is 0 Å². The molecule has 120 valence electrons. The Hall–Kier alpha value is -1.66. The second-order valence-electron chi connectivity index (χ2n) is 5.90. The first-order valence-corrected chi connectivity index (χ1v) is 7.41. The summed E-state index contributed by atoms with van der Waals surface area (Å²) in [4.78, 5) is 28.0. The van der Waals surface area contributed by atoms with E-state index in [1.165, 1.54) is 18.3 Å².